The molecule has 20 heavy (non-hydrogen) atoms. The van der Waals surface area contributed by atoms with Gasteiger partial charge in [-0.15, -0.1) is 12.4 Å². The molecule has 4 fully saturated rings. The number of piperidine rings is 4. The van der Waals surface area contributed by atoms with E-state index < -0.39 is 0 Å². The van der Waals surface area contributed by atoms with Crippen LogP contribution in [0.1, 0.15) is 44.9 Å². The molecular weight excluding hydrogens is 276 g/mol. The molecule has 0 aromatic rings. The van der Waals surface area contributed by atoms with E-state index in [2.05, 4.69) is 9.80 Å². The molecule has 4 heterocycles. The first-order valence-corrected chi connectivity index (χ1v) is 7.85. The topological polar surface area (TPSA) is 40.6 Å². The van der Waals surface area contributed by atoms with Gasteiger partial charge in [0.15, 0.2) is 0 Å². The van der Waals surface area contributed by atoms with E-state index in [1.54, 1.807) is 0 Å². The summed E-state index contributed by atoms with van der Waals surface area (Å²) in [5.74, 6) is 1.30. The van der Waals surface area contributed by atoms with Gasteiger partial charge in [-0.2, -0.15) is 0 Å². The fraction of sp³-hybridized carbons (Fsp3) is 0.867. The molecule has 0 radical (unpaired) electrons. The van der Waals surface area contributed by atoms with Crippen LogP contribution in [-0.2, 0) is 9.59 Å². The Morgan fingerprint density at radius 3 is 2.60 bits per heavy atom. The Kier molecular flexibility index (Phi) is 3.69. The number of nitrogens with zero attached hydrogens (tertiary/aromatic N) is 2. The fourth-order valence-electron chi connectivity index (χ4n) is 4.89. The van der Waals surface area contributed by atoms with Gasteiger partial charge >= 0.3 is 0 Å². The van der Waals surface area contributed by atoms with Crippen molar-refractivity contribution < 1.29 is 9.59 Å². The summed E-state index contributed by atoms with van der Waals surface area (Å²) in [6, 6.07) is 0.640. The number of halogens is 1. The molecule has 2 amide bonds. The highest BCUT2D eigenvalue weighted by Crippen LogP contribution is 2.43. The van der Waals surface area contributed by atoms with Crippen molar-refractivity contribution in [1.82, 2.24) is 9.80 Å². The SMILES string of the molecule is Cl.O=C1CCC[C@@H]2[C@H]3C[C@@H](CN12)[C@@H]1CCCCN1C3=O. The van der Waals surface area contributed by atoms with Gasteiger partial charge in [-0.3, -0.25) is 9.59 Å². The lowest BCUT2D eigenvalue weighted by molar-refractivity contribution is -0.164. The largest absolute Gasteiger partial charge is 0.339 e. The first-order valence-electron chi connectivity index (χ1n) is 7.85. The van der Waals surface area contributed by atoms with E-state index in [-0.39, 0.29) is 24.4 Å². The Hall–Kier alpha value is -0.770. The maximum absolute atomic E-state index is 12.7. The zero-order valence-corrected chi connectivity index (χ0v) is 12.6. The summed E-state index contributed by atoms with van der Waals surface area (Å²) in [5.41, 5.74) is 0. The Balaban J connectivity index is 0.00000121. The van der Waals surface area contributed by atoms with Gasteiger partial charge in [-0.25, -0.2) is 0 Å². The van der Waals surface area contributed by atoms with Crippen LogP contribution in [-0.4, -0.2) is 46.8 Å². The van der Waals surface area contributed by atoms with Crippen LogP contribution in [0.3, 0.4) is 0 Å². The van der Waals surface area contributed by atoms with Crippen molar-refractivity contribution >= 4 is 24.2 Å². The van der Waals surface area contributed by atoms with Crippen LogP contribution in [0.2, 0.25) is 0 Å². The van der Waals surface area contributed by atoms with Gasteiger partial charge in [0.1, 0.15) is 0 Å². The van der Waals surface area contributed by atoms with Gasteiger partial charge in [0, 0.05) is 31.6 Å². The maximum atomic E-state index is 12.7. The van der Waals surface area contributed by atoms with Crippen molar-refractivity contribution in [1.29, 1.82) is 0 Å². The van der Waals surface area contributed by atoms with Gasteiger partial charge < -0.3 is 9.80 Å². The second-order valence-electron chi connectivity index (χ2n) is 6.70. The molecule has 4 nitrogen and oxygen atoms in total. The van der Waals surface area contributed by atoms with Crippen molar-refractivity contribution in [3.05, 3.63) is 0 Å². The quantitative estimate of drug-likeness (QED) is 0.684. The fourth-order valence-corrected chi connectivity index (χ4v) is 4.89. The molecule has 0 N–H and O–H groups in total. The number of hydrogen-bond acceptors (Lipinski definition) is 2. The highest BCUT2D eigenvalue weighted by Gasteiger charge is 2.52. The summed E-state index contributed by atoms with van der Waals surface area (Å²) in [6.07, 6.45) is 7.29. The molecule has 0 aromatic heterocycles. The standard InChI is InChI=1S/C15H22N2O2.ClH/c18-14-6-3-5-13-11-8-10(9-17(13)14)12-4-1-2-7-16(12)15(11)19;/h10-13H,1-9H2;1H/t10-,11+,12-,13+;/m0./s1. The van der Waals surface area contributed by atoms with Crippen LogP contribution >= 0.6 is 12.4 Å². The first-order chi connectivity index (χ1) is 9.25. The second kappa shape index (κ2) is 5.21. The van der Waals surface area contributed by atoms with Crippen molar-refractivity contribution in [2.45, 2.75) is 57.0 Å². The van der Waals surface area contributed by atoms with E-state index in [0.29, 0.717) is 30.2 Å². The van der Waals surface area contributed by atoms with E-state index in [9.17, 15) is 9.59 Å². The van der Waals surface area contributed by atoms with Crippen molar-refractivity contribution in [2.24, 2.45) is 11.8 Å². The molecule has 4 atom stereocenters. The summed E-state index contributed by atoms with van der Waals surface area (Å²) >= 11 is 0. The summed E-state index contributed by atoms with van der Waals surface area (Å²) in [6.45, 7) is 1.87. The van der Waals surface area contributed by atoms with Crippen LogP contribution in [0.5, 0.6) is 0 Å². The molecule has 4 aliphatic heterocycles. The Morgan fingerprint density at radius 2 is 1.75 bits per heavy atom. The molecule has 4 rings (SSSR count). The van der Waals surface area contributed by atoms with Crippen molar-refractivity contribution in [2.75, 3.05) is 13.1 Å². The first kappa shape index (κ1) is 14.2. The summed E-state index contributed by atoms with van der Waals surface area (Å²) in [4.78, 5) is 29.1. The van der Waals surface area contributed by atoms with Gasteiger partial charge in [0.05, 0.1) is 5.92 Å². The van der Waals surface area contributed by atoms with Crippen LogP contribution in [0.15, 0.2) is 0 Å². The lowest BCUT2D eigenvalue weighted by Crippen LogP contribution is -2.66. The third-order valence-corrected chi connectivity index (χ3v) is 5.76. The smallest absolute Gasteiger partial charge is 0.228 e. The molecule has 4 aliphatic rings. The average molecular weight is 299 g/mol. The molecule has 0 spiro atoms. The monoisotopic (exact) mass is 298 g/mol. The Labute approximate surface area is 126 Å². The van der Waals surface area contributed by atoms with E-state index >= 15 is 0 Å². The predicted octanol–water partition coefficient (Wildman–Crippen LogP) is 1.82. The maximum Gasteiger partial charge on any atom is 0.228 e. The molecule has 0 saturated carbocycles. The third kappa shape index (κ3) is 1.95. The lowest BCUT2D eigenvalue weighted by Gasteiger charge is -2.56. The van der Waals surface area contributed by atoms with E-state index in [4.69, 9.17) is 0 Å². The van der Waals surface area contributed by atoms with Gasteiger partial charge in [-0.1, -0.05) is 0 Å². The predicted molar refractivity (Wildman–Crippen MR) is 77.5 cm³/mol. The van der Waals surface area contributed by atoms with Crippen molar-refractivity contribution in [3.63, 3.8) is 0 Å². The minimum absolute atomic E-state index is 0. The second-order valence-corrected chi connectivity index (χ2v) is 6.70. The molecule has 112 valence electrons. The molecule has 0 unspecified atom stereocenters. The average Bonchev–Trinajstić information content (AvgIpc) is 2.45. The number of carbonyl (C=O) groups excluding carboxylic acids is 2. The Morgan fingerprint density at radius 1 is 0.950 bits per heavy atom. The van der Waals surface area contributed by atoms with Crippen LogP contribution < -0.4 is 0 Å². The van der Waals surface area contributed by atoms with Crippen LogP contribution in [0, 0.1) is 11.8 Å². The highest BCUT2D eigenvalue weighted by molar-refractivity contribution is 5.85. The third-order valence-electron chi connectivity index (χ3n) is 5.76. The molecule has 5 heteroatoms. The molecular formula is C15H23ClN2O2. The molecule has 0 aliphatic carbocycles. The van der Waals surface area contributed by atoms with E-state index in [0.717, 1.165) is 45.2 Å². The number of amides is 2. The summed E-state index contributed by atoms with van der Waals surface area (Å²) < 4.78 is 0. The molecule has 2 bridgehead atoms. The Bertz CT molecular complexity index is 428. The van der Waals surface area contributed by atoms with Gasteiger partial charge in [0.25, 0.3) is 0 Å². The number of fused-ring (bicyclic) bond motifs is 6. The van der Waals surface area contributed by atoms with Crippen molar-refractivity contribution in [3.8, 4) is 0 Å². The summed E-state index contributed by atoms with van der Waals surface area (Å²) in [7, 11) is 0. The summed E-state index contributed by atoms with van der Waals surface area (Å²) in [5, 5.41) is 0. The molecule has 4 saturated heterocycles. The number of hydrogen-bond donors (Lipinski definition) is 0. The minimum atomic E-state index is 0. The van der Waals surface area contributed by atoms with Crippen LogP contribution in [0.25, 0.3) is 0 Å². The zero-order valence-electron chi connectivity index (χ0n) is 11.8. The van der Waals surface area contributed by atoms with Gasteiger partial charge in [-0.05, 0) is 44.4 Å². The lowest BCUT2D eigenvalue weighted by atomic mass is 9.70. The van der Waals surface area contributed by atoms with Crippen LogP contribution in [0.4, 0.5) is 0 Å². The van der Waals surface area contributed by atoms with Gasteiger partial charge in [0.2, 0.25) is 11.8 Å². The highest BCUT2D eigenvalue weighted by atomic mass is 35.5. The zero-order chi connectivity index (χ0) is 13.0. The number of carbonyl (C=O) groups is 2. The van der Waals surface area contributed by atoms with E-state index in [1.807, 2.05) is 0 Å². The minimum Gasteiger partial charge on any atom is -0.339 e. The molecule has 0 aromatic carbocycles. The van der Waals surface area contributed by atoms with E-state index in [1.165, 1.54) is 6.42 Å². The normalized spacial score (nSPS) is 39.8. The number of rotatable bonds is 0.